The quantitative estimate of drug-likeness (QED) is 0.861. The first-order chi connectivity index (χ1) is 8.72. The number of anilines is 1. The minimum absolute atomic E-state index is 0.515. The number of nitrogens with zero attached hydrogens (tertiary/aromatic N) is 3. The lowest BCUT2D eigenvalue weighted by atomic mass is 10.1. The summed E-state index contributed by atoms with van der Waals surface area (Å²) in [5.41, 5.74) is 3.30. The highest BCUT2D eigenvalue weighted by atomic mass is 35.5. The second-order valence-electron chi connectivity index (χ2n) is 4.00. The minimum atomic E-state index is 0.515. The second-order valence-corrected chi connectivity index (χ2v) is 4.36. The molecule has 0 bridgehead atoms. The maximum atomic E-state index is 6.04. The molecule has 0 radical (unpaired) electrons. The third kappa shape index (κ3) is 2.76. The van der Waals surface area contributed by atoms with Gasteiger partial charge < -0.3 is 5.32 Å². The van der Waals surface area contributed by atoms with Crippen molar-refractivity contribution >= 4 is 17.4 Å². The topological polar surface area (TPSA) is 50.7 Å². The molecule has 0 aliphatic heterocycles. The molecule has 4 nitrogen and oxygen atoms in total. The van der Waals surface area contributed by atoms with Gasteiger partial charge in [0, 0.05) is 24.5 Å². The Balaban J connectivity index is 2.16. The molecular weight excluding hydrogens is 248 g/mol. The first kappa shape index (κ1) is 12.8. The molecule has 94 valence electrons. The number of halogens is 1. The van der Waals surface area contributed by atoms with Crippen LogP contribution in [0, 0.1) is 6.92 Å². The van der Waals surface area contributed by atoms with E-state index in [9.17, 15) is 0 Å². The molecule has 0 aliphatic rings. The Labute approximate surface area is 111 Å². The molecule has 2 rings (SSSR count). The van der Waals surface area contributed by atoms with Gasteiger partial charge in [0.15, 0.2) is 0 Å². The fourth-order valence-electron chi connectivity index (χ4n) is 1.74. The molecule has 0 unspecified atom stereocenters. The number of aryl methyl sites for hydroxylation is 1. The van der Waals surface area contributed by atoms with E-state index in [1.165, 1.54) is 11.9 Å². The molecule has 5 heteroatoms. The van der Waals surface area contributed by atoms with E-state index in [1.54, 1.807) is 6.20 Å². The van der Waals surface area contributed by atoms with Gasteiger partial charge in [-0.15, -0.1) is 0 Å². The number of nitrogens with one attached hydrogen (secondary N) is 1. The largest absolute Gasteiger partial charge is 0.366 e. The predicted octanol–water partition coefficient (Wildman–Crippen LogP) is 3.01. The summed E-state index contributed by atoms with van der Waals surface area (Å²) >= 11 is 6.04. The van der Waals surface area contributed by atoms with E-state index < -0.39 is 0 Å². The zero-order valence-corrected chi connectivity index (χ0v) is 11.2. The molecule has 0 fully saturated rings. The van der Waals surface area contributed by atoms with Crippen molar-refractivity contribution in [3.8, 4) is 0 Å². The first-order valence-electron chi connectivity index (χ1n) is 5.85. The lowest BCUT2D eigenvalue weighted by molar-refractivity contribution is 1.00. The van der Waals surface area contributed by atoms with Crippen LogP contribution in [0.25, 0.3) is 0 Å². The molecule has 0 saturated heterocycles. The third-order valence-electron chi connectivity index (χ3n) is 2.83. The van der Waals surface area contributed by atoms with E-state index in [4.69, 9.17) is 11.6 Å². The maximum absolute atomic E-state index is 6.04. The number of hydrogen-bond acceptors (Lipinski definition) is 4. The van der Waals surface area contributed by atoms with Gasteiger partial charge in [-0.1, -0.05) is 18.5 Å². The molecule has 0 saturated carbocycles. The SMILES string of the molecule is CCc1c(Cl)ncnc1NCc1ccncc1C. The zero-order valence-electron chi connectivity index (χ0n) is 10.4. The first-order valence-corrected chi connectivity index (χ1v) is 6.23. The summed E-state index contributed by atoms with van der Waals surface area (Å²) < 4.78 is 0. The molecule has 2 heterocycles. The molecule has 2 aromatic heterocycles. The molecule has 18 heavy (non-hydrogen) atoms. The Morgan fingerprint density at radius 3 is 2.89 bits per heavy atom. The maximum Gasteiger partial charge on any atom is 0.137 e. The van der Waals surface area contributed by atoms with E-state index in [1.807, 2.05) is 26.1 Å². The van der Waals surface area contributed by atoms with Crippen molar-refractivity contribution in [2.24, 2.45) is 0 Å². The molecule has 2 aromatic rings. The van der Waals surface area contributed by atoms with Crippen molar-refractivity contribution in [1.29, 1.82) is 0 Å². The van der Waals surface area contributed by atoms with Gasteiger partial charge in [0.2, 0.25) is 0 Å². The van der Waals surface area contributed by atoms with E-state index in [0.717, 1.165) is 23.4 Å². The van der Waals surface area contributed by atoms with Crippen LogP contribution in [-0.4, -0.2) is 15.0 Å². The van der Waals surface area contributed by atoms with Crippen LogP contribution in [0.5, 0.6) is 0 Å². The van der Waals surface area contributed by atoms with Crippen LogP contribution in [0.1, 0.15) is 23.6 Å². The van der Waals surface area contributed by atoms with E-state index >= 15 is 0 Å². The number of rotatable bonds is 4. The van der Waals surface area contributed by atoms with Crippen LogP contribution in [0.15, 0.2) is 24.8 Å². The van der Waals surface area contributed by atoms with Gasteiger partial charge >= 0.3 is 0 Å². The lowest BCUT2D eigenvalue weighted by Crippen LogP contribution is -2.06. The molecular formula is C13H15ClN4. The molecule has 0 spiro atoms. The summed E-state index contributed by atoms with van der Waals surface area (Å²) in [6.07, 6.45) is 5.92. The molecule has 0 aliphatic carbocycles. The second kappa shape index (κ2) is 5.78. The molecule has 0 amide bonds. The Hall–Kier alpha value is -1.68. The molecule has 0 atom stereocenters. The number of aromatic nitrogens is 3. The summed E-state index contributed by atoms with van der Waals surface area (Å²) in [6, 6.07) is 2.00. The van der Waals surface area contributed by atoms with Crippen LogP contribution < -0.4 is 5.32 Å². The summed E-state index contributed by atoms with van der Waals surface area (Å²) in [5, 5.41) is 3.81. The smallest absolute Gasteiger partial charge is 0.137 e. The highest BCUT2D eigenvalue weighted by Crippen LogP contribution is 2.20. The van der Waals surface area contributed by atoms with Crippen LogP contribution in [0.3, 0.4) is 0 Å². The average Bonchev–Trinajstić information content (AvgIpc) is 2.38. The van der Waals surface area contributed by atoms with Gasteiger partial charge in [0.1, 0.15) is 17.3 Å². The van der Waals surface area contributed by atoms with Gasteiger partial charge in [0.05, 0.1) is 0 Å². The fourth-order valence-corrected chi connectivity index (χ4v) is 2.00. The highest BCUT2D eigenvalue weighted by Gasteiger charge is 2.07. The van der Waals surface area contributed by atoms with Crippen molar-refractivity contribution in [3.63, 3.8) is 0 Å². The summed E-state index contributed by atoms with van der Waals surface area (Å²) in [7, 11) is 0. The van der Waals surface area contributed by atoms with Gasteiger partial charge in [-0.25, -0.2) is 9.97 Å². The third-order valence-corrected chi connectivity index (χ3v) is 3.15. The van der Waals surface area contributed by atoms with Crippen LogP contribution >= 0.6 is 11.6 Å². The zero-order chi connectivity index (χ0) is 13.0. The minimum Gasteiger partial charge on any atom is -0.366 e. The van der Waals surface area contributed by atoms with Gasteiger partial charge in [-0.3, -0.25) is 4.98 Å². The number of hydrogen-bond donors (Lipinski definition) is 1. The molecule has 1 N–H and O–H groups in total. The van der Waals surface area contributed by atoms with Crippen molar-refractivity contribution in [2.75, 3.05) is 5.32 Å². The Bertz CT molecular complexity index is 542. The summed E-state index contributed by atoms with van der Waals surface area (Å²) in [5.74, 6) is 0.800. The number of pyridine rings is 1. The Morgan fingerprint density at radius 2 is 2.17 bits per heavy atom. The lowest BCUT2D eigenvalue weighted by Gasteiger charge is -2.11. The predicted molar refractivity (Wildman–Crippen MR) is 72.7 cm³/mol. The molecule has 0 aromatic carbocycles. The van der Waals surface area contributed by atoms with E-state index in [0.29, 0.717) is 11.7 Å². The Kier molecular flexibility index (Phi) is 4.10. The van der Waals surface area contributed by atoms with Crippen LogP contribution in [-0.2, 0) is 13.0 Å². The van der Waals surface area contributed by atoms with E-state index in [2.05, 4.69) is 20.3 Å². The van der Waals surface area contributed by atoms with Gasteiger partial charge in [0.25, 0.3) is 0 Å². The van der Waals surface area contributed by atoms with Crippen molar-refractivity contribution in [3.05, 3.63) is 46.6 Å². The summed E-state index contributed by atoms with van der Waals surface area (Å²) in [6.45, 7) is 4.78. The Morgan fingerprint density at radius 1 is 1.33 bits per heavy atom. The van der Waals surface area contributed by atoms with Gasteiger partial charge in [-0.2, -0.15) is 0 Å². The van der Waals surface area contributed by atoms with E-state index in [-0.39, 0.29) is 0 Å². The van der Waals surface area contributed by atoms with Crippen molar-refractivity contribution < 1.29 is 0 Å². The monoisotopic (exact) mass is 262 g/mol. The van der Waals surface area contributed by atoms with Gasteiger partial charge in [-0.05, 0) is 30.5 Å². The standard InChI is InChI=1S/C13H15ClN4/c1-3-11-12(14)17-8-18-13(11)16-7-10-4-5-15-6-9(10)2/h4-6,8H,3,7H2,1-2H3,(H,16,17,18). The fraction of sp³-hybridized carbons (Fsp3) is 0.308. The van der Waals surface area contributed by atoms with Crippen LogP contribution in [0.2, 0.25) is 5.15 Å². The summed E-state index contributed by atoms with van der Waals surface area (Å²) in [4.78, 5) is 12.3. The highest BCUT2D eigenvalue weighted by molar-refractivity contribution is 6.30. The normalized spacial score (nSPS) is 10.4. The van der Waals surface area contributed by atoms with Crippen molar-refractivity contribution in [1.82, 2.24) is 15.0 Å². The van der Waals surface area contributed by atoms with Crippen molar-refractivity contribution in [2.45, 2.75) is 26.8 Å². The average molecular weight is 263 g/mol. The van der Waals surface area contributed by atoms with Crippen LogP contribution in [0.4, 0.5) is 5.82 Å².